The Bertz CT molecular complexity index is 376. The van der Waals surface area contributed by atoms with Gasteiger partial charge in [0.25, 0.3) is 0 Å². The molecule has 0 heterocycles. The summed E-state index contributed by atoms with van der Waals surface area (Å²) in [5.41, 5.74) is 0. The van der Waals surface area contributed by atoms with Gasteiger partial charge in [-0.3, -0.25) is 9.59 Å². The second kappa shape index (κ2) is 12.1. The molecular formula is C19H32O4. The Morgan fingerprint density at radius 2 is 1.61 bits per heavy atom. The Hall–Kier alpha value is -1.32. The maximum atomic E-state index is 12.0. The van der Waals surface area contributed by atoms with Gasteiger partial charge in [-0.2, -0.15) is 0 Å². The molecule has 4 nitrogen and oxygen atoms in total. The van der Waals surface area contributed by atoms with Gasteiger partial charge in [0, 0.05) is 0 Å². The molecule has 0 spiro atoms. The lowest BCUT2D eigenvalue weighted by molar-refractivity contribution is -0.159. The van der Waals surface area contributed by atoms with Crippen LogP contribution < -0.4 is 0 Å². The van der Waals surface area contributed by atoms with Crippen molar-refractivity contribution >= 4 is 11.9 Å². The number of esters is 1. The predicted molar refractivity (Wildman–Crippen MR) is 91.2 cm³/mol. The number of carbonyl (C=O) groups is 2. The van der Waals surface area contributed by atoms with Gasteiger partial charge in [-0.25, -0.2) is 0 Å². The number of rotatable bonds is 11. The SMILES string of the molecule is CCCCC/C=C/CCCCOC(=O)C1CCCCC1C(=O)O. The van der Waals surface area contributed by atoms with Gasteiger partial charge >= 0.3 is 11.9 Å². The molecule has 0 bridgehead atoms. The highest BCUT2D eigenvalue weighted by atomic mass is 16.5. The highest BCUT2D eigenvalue weighted by Crippen LogP contribution is 2.31. The predicted octanol–water partition coefficient (Wildman–Crippen LogP) is 4.73. The van der Waals surface area contributed by atoms with Gasteiger partial charge in [0.15, 0.2) is 0 Å². The molecule has 1 saturated carbocycles. The molecule has 1 aliphatic rings. The van der Waals surface area contributed by atoms with Crippen molar-refractivity contribution in [3.63, 3.8) is 0 Å². The van der Waals surface area contributed by atoms with Crippen molar-refractivity contribution in [3.05, 3.63) is 12.2 Å². The standard InChI is InChI=1S/C19H32O4/c1-2-3-4-5-6-7-8-9-12-15-23-19(22)17-14-11-10-13-16(17)18(20)21/h6-7,16-17H,2-5,8-15H2,1H3,(H,20,21)/b7-6+. The molecule has 2 atom stereocenters. The van der Waals surface area contributed by atoms with E-state index in [1.807, 2.05) is 0 Å². The number of carbonyl (C=O) groups excluding carboxylic acids is 1. The van der Waals surface area contributed by atoms with Crippen LogP contribution in [0.2, 0.25) is 0 Å². The van der Waals surface area contributed by atoms with Crippen molar-refractivity contribution in [2.75, 3.05) is 6.61 Å². The Morgan fingerprint density at radius 3 is 2.22 bits per heavy atom. The van der Waals surface area contributed by atoms with E-state index in [2.05, 4.69) is 19.1 Å². The van der Waals surface area contributed by atoms with E-state index < -0.39 is 17.8 Å². The average Bonchev–Trinajstić information content (AvgIpc) is 2.56. The molecule has 1 aliphatic carbocycles. The van der Waals surface area contributed by atoms with Gasteiger partial charge in [-0.05, 0) is 44.9 Å². The van der Waals surface area contributed by atoms with Gasteiger partial charge in [-0.15, -0.1) is 0 Å². The summed E-state index contributed by atoms with van der Waals surface area (Å²) in [6.07, 6.45) is 15.3. The number of carboxylic acid groups (broad SMARTS) is 1. The fourth-order valence-corrected chi connectivity index (χ4v) is 3.10. The van der Waals surface area contributed by atoms with Crippen LogP contribution in [0.4, 0.5) is 0 Å². The zero-order valence-electron chi connectivity index (χ0n) is 14.5. The molecule has 0 aromatic rings. The Morgan fingerprint density at radius 1 is 1.00 bits per heavy atom. The molecule has 0 radical (unpaired) electrons. The molecule has 1 N–H and O–H groups in total. The smallest absolute Gasteiger partial charge is 0.309 e. The Labute approximate surface area is 140 Å². The highest BCUT2D eigenvalue weighted by molar-refractivity contribution is 5.81. The lowest BCUT2D eigenvalue weighted by Gasteiger charge is -2.26. The molecule has 0 amide bonds. The number of aliphatic carboxylic acids is 1. The summed E-state index contributed by atoms with van der Waals surface area (Å²) in [5.74, 6) is -2.17. The van der Waals surface area contributed by atoms with Crippen LogP contribution in [0.15, 0.2) is 12.2 Å². The maximum absolute atomic E-state index is 12.0. The molecule has 1 fully saturated rings. The summed E-state index contributed by atoms with van der Waals surface area (Å²) in [4.78, 5) is 23.2. The maximum Gasteiger partial charge on any atom is 0.309 e. The number of unbranched alkanes of at least 4 members (excludes halogenated alkanes) is 5. The molecule has 0 saturated heterocycles. The number of allylic oxidation sites excluding steroid dienone is 2. The summed E-state index contributed by atoms with van der Waals surface area (Å²) >= 11 is 0. The monoisotopic (exact) mass is 324 g/mol. The third-order valence-electron chi connectivity index (χ3n) is 4.54. The summed E-state index contributed by atoms with van der Waals surface area (Å²) < 4.78 is 5.30. The van der Waals surface area contributed by atoms with Crippen LogP contribution in [0.25, 0.3) is 0 Å². The minimum Gasteiger partial charge on any atom is -0.481 e. The van der Waals surface area contributed by atoms with Crippen LogP contribution in [0, 0.1) is 11.8 Å². The minimum atomic E-state index is -0.861. The quantitative estimate of drug-likeness (QED) is 0.339. The van der Waals surface area contributed by atoms with Gasteiger partial charge in [-0.1, -0.05) is 44.8 Å². The van der Waals surface area contributed by atoms with Crippen molar-refractivity contribution in [1.29, 1.82) is 0 Å². The first kappa shape index (κ1) is 19.7. The number of ether oxygens (including phenoxy) is 1. The summed E-state index contributed by atoms with van der Waals surface area (Å²) in [6, 6.07) is 0. The fourth-order valence-electron chi connectivity index (χ4n) is 3.10. The molecule has 4 heteroatoms. The van der Waals surface area contributed by atoms with Gasteiger partial charge in [0.05, 0.1) is 18.4 Å². The van der Waals surface area contributed by atoms with Gasteiger partial charge in [0.1, 0.15) is 0 Å². The first-order chi connectivity index (χ1) is 11.2. The normalized spacial score (nSPS) is 21.4. The third-order valence-corrected chi connectivity index (χ3v) is 4.54. The third kappa shape index (κ3) is 8.19. The number of hydrogen-bond acceptors (Lipinski definition) is 3. The first-order valence-electron chi connectivity index (χ1n) is 9.21. The van der Waals surface area contributed by atoms with E-state index in [4.69, 9.17) is 4.74 Å². The zero-order valence-corrected chi connectivity index (χ0v) is 14.5. The Balaban J connectivity index is 2.10. The van der Waals surface area contributed by atoms with Crippen LogP contribution in [0.5, 0.6) is 0 Å². The summed E-state index contributed by atoms with van der Waals surface area (Å²) in [5, 5.41) is 9.19. The lowest BCUT2D eigenvalue weighted by atomic mass is 9.79. The van der Waals surface area contributed by atoms with E-state index in [-0.39, 0.29) is 5.97 Å². The van der Waals surface area contributed by atoms with Crippen LogP contribution in [0.3, 0.4) is 0 Å². The fraction of sp³-hybridized carbons (Fsp3) is 0.789. The van der Waals surface area contributed by atoms with Gasteiger partial charge in [0.2, 0.25) is 0 Å². The first-order valence-corrected chi connectivity index (χ1v) is 9.21. The lowest BCUT2D eigenvalue weighted by Crippen LogP contribution is -2.33. The second-order valence-corrected chi connectivity index (χ2v) is 6.47. The molecular weight excluding hydrogens is 292 g/mol. The molecule has 132 valence electrons. The molecule has 0 aromatic heterocycles. The Kier molecular flexibility index (Phi) is 10.4. The van der Waals surface area contributed by atoms with Gasteiger partial charge < -0.3 is 9.84 Å². The minimum absolute atomic E-state index is 0.313. The zero-order chi connectivity index (χ0) is 16.9. The van der Waals surface area contributed by atoms with Crippen molar-refractivity contribution < 1.29 is 19.4 Å². The molecule has 1 rings (SSSR count). The summed E-state index contributed by atoms with van der Waals surface area (Å²) in [7, 11) is 0. The van der Waals surface area contributed by atoms with Crippen LogP contribution >= 0.6 is 0 Å². The van der Waals surface area contributed by atoms with E-state index >= 15 is 0 Å². The topological polar surface area (TPSA) is 63.6 Å². The molecule has 23 heavy (non-hydrogen) atoms. The van der Waals surface area contributed by atoms with E-state index in [1.165, 1.54) is 19.3 Å². The largest absolute Gasteiger partial charge is 0.481 e. The molecule has 0 aliphatic heterocycles. The van der Waals surface area contributed by atoms with E-state index in [9.17, 15) is 14.7 Å². The van der Waals surface area contributed by atoms with Crippen LogP contribution in [0.1, 0.15) is 77.6 Å². The van der Waals surface area contributed by atoms with E-state index in [0.717, 1.165) is 38.5 Å². The molecule has 0 aromatic carbocycles. The van der Waals surface area contributed by atoms with Crippen molar-refractivity contribution in [2.24, 2.45) is 11.8 Å². The summed E-state index contributed by atoms with van der Waals surface area (Å²) in [6.45, 7) is 2.61. The van der Waals surface area contributed by atoms with E-state index in [1.54, 1.807) is 0 Å². The number of hydrogen-bond donors (Lipinski definition) is 1. The van der Waals surface area contributed by atoms with Crippen molar-refractivity contribution in [1.82, 2.24) is 0 Å². The average molecular weight is 324 g/mol. The van der Waals surface area contributed by atoms with Crippen molar-refractivity contribution in [3.8, 4) is 0 Å². The highest BCUT2D eigenvalue weighted by Gasteiger charge is 2.36. The van der Waals surface area contributed by atoms with Crippen LogP contribution in [-0.2, 0) is 14.3 Å². The molecule has 2 unspecified atom stereocenters. The van der Waals surface area contributed by atoms with Crippen molar-refractivity contribution in [2.45, 2.75) is 77.6 Å². The van der Waals surface area contributed by atoms with E-state index in [0.29, 0.717) is 19.4 Å². The van der Waals surface area contributed by atoms with Crippen LogP contribution in [-0.4, -0.2) is 23.7 Å². The second-order valence-electron chi connectivity index (χ2n) is 6.47. The number of carboxylic acids is 1.